The molecule has 0 bridgehead atoms. The van der Waals surface area contributed by atoms with Crippen LogP contribution in [-0.2, 0) is 6.42 Å². The van der Waals surface area contributed by atoms with Crippen molar-refractivity contribution in [1.82, 2.24) is 0 Å². The van der Waals surface area contributed by atoms with Crippen molar-refractivity contribution in [1.29, 1.82) is 5.26 Å². The molecule has 1 aromatic carbocycles. The van der Waals surface area contributed by atoms with E-state index < -0.39 is 5.82 Å². The third-order valence-corrected chi connectivity index (χ3v) is 2.47. The van der Waals surface area contributed by atoms with E-state index in [-0.39, 0.29) is 11.6 Å². The van der Waals surface area contributed by atoms with Crippen LogP contribution in [0.4, 0.5) is 4.39 Å². The zero-order valence-electron chi connectivity index (χ0n) is 7.05. The Morgan fingerprint density at radius 1 is 1.54 bits per heavy atom. The van der Waals surface area contributed by atoms with E-state index in [1.807, 2.05) is 6.07 Å². The molecule has 0 radical (unpaired) electrons. The smallest absolute Gasteiger partial charge is 0.141 e. The molecule has 13 heavy (non-hydrogen) atoms. The molecule has 0 fully saturated rings. The summed E-state index contributed by atoms with van der Waals surface area (Å²) in [6.45, 7) is 0. The summed E-state index contributed by atoms with van der Waals surface area (Å²) in [5.41, 5.74) is 7.75. The number of halogens is 1. The normalized spacial score (nSPS) is 19.6. The molecule has 1 atom stereocenters. The Morgan fingerprint density at radius 3 is 3.00 bits per heavy atom. The van der Waals surface area contributed by atoms with E-state index in [1.165, 1.54) is 6.07 Å². The van der Waals surface area contributed by atoms with Gasteiger partial charge in [-0.05, 0) is 36.1 Å². The quantitative estimate of drug-likeness (QED) is 0.653. The van der Waals surface area contributed by atoms with Crippen LogP contribution in [0.5, 0.6) is 0 Å². The number of aryl methyl sites for hydroxylation is 1. The summed E-state index contributed by atoms with van der Waals surface area (Å²) in [6.07, 6.45) is 1.70. The van der Waals surface area contributed by atoms with Gasteiger partial charge >= 0.3 is 0 Å². The number of fused-ring (bicyclic) bond motifs is 1. The van der Waals surface area contributed by atoms with Crippen molar-refractivity contribution in [3.05, 3.63) is 34.6 Å². The summed E-state index contributed by atoms with van der Waals surface area (Å²) in [7, 11) is 0. The maximum absolute atomic E-state index is 13.1. The first kappa shape index (κ1) is 8.21. The molecule has 1 aromatic rings. The average Bonchev–Trinajstić information content (AvgIpc) is 2.47. The Labute approximate surface area is 75.8 Å². The number of nitrogens with two attached hydrogens (primary N) is 1. The molecule has 0 saturated heterocycles. The molecule has 0 heterocycles. The van der Waals surface area contributed by atoms with Crippen LogP contribution in [0.25, 0.3) is 0 Å². The first-order chi connectivity index (χ1) is 6.22. The molecule has 0 aliphatic heterocycles. The summed E-state index contributed by atoms with van der Waals surface area (Å²) < 4.78 is 13.1. The molecule has 3 heteroatoms. The van der Waals surface area contributed by atoms with Gasteiger partial charge in [-0.3, -0.25) is 0 Å². The zero-order chi connectivity index (χ0) is 9.42. The second-order valence-electron chi connectivity index (χ2n) is 3.29. The van der Waals surface area contributed by atoms with Crippen molar-refractivity contribution >= 4 is 0 Å². The van der Waals surface area contributed by atoms with Crippen LogP contribution in [-0.4, -0.2) is 0 Å². The highest BCUT2D eigenvalue weighted by Crippen LogP contribution is 2.30. The Kier molecular flexibility index (Phi) is 1.78. The molecular formula is C10H9FN2. The fraction of sp³-hybridized carbons (Fsp3) is 0.300. The van der Waals surface area contributed by atoms with E-state index in [1.54, 1.807) is 6.07 Å². The van der Waals surface area contributed by atoms with Crippen LogP contribution in [0.15, 0.2) is 12.1 Å². The molecule has 0 amide bonds. The SMILES string of the molecule is N#Cc1cc2c(cc1F)[C@H](N)CC2. The van der Waals surface area contributed by atoms with Crippen LogP contribution in [0.3, 0.4) is 0 Å². The molecule has 2 N–H and O–H groups in total. The molecule has 0 saturated carbocycles. The fourth-order valence-corrected chi connectivity index (χ4v) is 1.75. The van der Waals surface area contributed by atoms with E-state index in [4.69, 9.17) is 11.0 Å². The molecule has 0 unspecified atom stereocenters. The molecule has 2 nitrogen and oxygen atoms in total. The van der Waals surface area contributed by atoms with Crippen molar-refractivity contribution in [2.45, 2.75) is 18.9 Å². The van der Waals surface area contributed by atoms with E-state index in [2.05, 4.69) is 0 Å². The van der Waals surface area contributed by atoms with Gasteiger partial charge in [0.05, 0.1) is 5.56 Å². The molecule has 1 aliphatic rings. The van der Waals surface area contributed by atoms with Gasteiger partial charge in [-0.25, -0.2) is 4.39 Å². The van der Waals surface area contributed by atoms with Crippen LogP contribution in [0.1, 0.15) is 29.2 Å². The number of hydrogen-bond acceptors (Lipinski definition) is 2. The number of nitrogens with zero attached hydrogens (tertiary/aromatic N) is 1. The van der Waals surface area contributed by atoms with Crippen molar-refractivity contribution < 1.29 is 4.39 Å². The largest absolute Gasteiger partial charge is 0.324 e. The highest BCUT2D eigenvalue weighted by molar-refractivity contribution is 5.43. The monoisotopic (exact) mass is 176 g/mol. The lowest BCUT2D eigenvalue weighted by molar-refractivity contribution is 0.618. The summed E-state index contributed by atoms with van der Waals surface area (Å²) >= 11 is 0. The third-order valence-electron chi connectivity index (χ3n) is 2.47. The third kappa shape index (κ3) is 1.20. The van der Waals surface area contributed by atoms with Crippen LogP contribution >= 0.6 is 0 Å². The minimum atomic E-state index is -0.460. The Hall–Kier alpha value is -1.40. The summed E-state index contributed by atoms with van der Waals surface area (Å²) in [5.74, 6) is -0.460. The van der Waals surface area contributed by atoms with Gasteiger partial charge in [0.1, 0.15) is 11.9 Å². The Bertz CT molecular complexity index is 393. The molecule has 1 aliphatic carbocycles. The van der Waals surface area contributed by atoms with Crippen molar-refractivity contribution in [2.24, 2.45) is 5.73 Å². The fourth-order valence-electron chi connectivity index (χ4n) is 1.75. The lowest BCUT2D eigenvalue weighted by Gasteiger charge is -2.04. The highest BCUT2D eigenvalue weighted by Gasteiger charge is 2.20. The standard InChI is InChI=1S/C10H9FN2/c11-9-4-8-6(1-2-10(8)13)3-7(9)5-12/h3-4,10H,1-2,13H2/t10-/m1/s1. The lowest BCUT2D eigenvalue weighted by atomic mass is 10.1. The maximum Gasteiger partial charge on any atom is 0.141 e. The summed E-state index contributed by atoms with van der Waals surface area (Å²) in [4.78, 5) is 0. The molecule has 2 rings (SSSR count). The second-order valence-corrected chi connectivity index (χ2v) is 3.29. The predicted octanol–water partition coefficient (Wildman–Crippen LogP) is 1.64. The molecule has 0 aromatic heterocycles. The van der Waals surface area contributed by atoms with Gasteiger partial charge in [0.2, 0.25) is 0 Å². The summed E-state index contributed by atoms with van der Waals surface area (Å²) in [5, 5.41) is 8.59. The minimum Gasteiger partial charge on any atom is -0.324 e. The first-order valence-electron chi connectivity index (χ1n) is 4.20. The molecule has 0 spiro atoms. The van der Waals surface area contributed by atoms with Crippen molar-refractivity contribution in [3.63, 3.8) is 0 Å². The van der Waals surface area contributed by atoms with Gasteiger partial charge < -0.3 is 5.73 Å². The van der Waals surface area contributed by atoms with E-state index in [9.17, 15) is 4.39 Å². The Morgan fingerprint density at radius 2 is 2.31 bits per heavy atom. The van der Waals surface area contributed by atoms with Gasteiger partial charge in [-0.15, -0.1) is 0 Å². The minimum absolute atomic E-state index is 0.0581. The second kappa shape index (κ2) is 2.82. The number of rotatable bonds is 0. The van der Waals surface area contributed by atoms with Crippen molar-refractivity contribution in [2.75, 3.05) is 0 Å². The zero-order valence-corrected chi connectivity index (χ0v) is 7.05. The topological polar surface area (TPSA) is 49.8 Å². The highest BCUT2D eigenvalue weighted by atomic mass is 19.1. The molecule has 66 valence electrons. The number of nitriles is 1. The number of benzene rings is 1. The van der Waals surface area contributed by atoms with Gasteiger partial charge in [0, 0.05) is 6.04 Å². The lowest BCUT2D eigenvalue weighted by Crippen LogP contribution is -2.05. The molecular weight excluding hydrogens is 167 g/mol. The van der Waals surface area contributed by atoms with Gasteiger partial charge in [0.25, 0.3) is 0 Å². The van der Waals surface area contributed by atoms with Gasteiger partial charge in [-0.1, -0.05) is 0 Å². The summed E-state index contributed by atoms with van der Waals surface area (Å²) in [6, 6.07) is 4.77. The van der Waals surface area contributed by atoms with Gasteiger partial charge in [-0.2, -0.15) is 5.26 Å². The van der Waals surface area contributed by atoms with Crippen LogP contribution in [0.2, 0.25) is 0 Å². The Balaban J connectivity index is 2.58. The number of hydrogen-bond donors (Lipinski definition) is 1. The predicted molar refractivity (Wildman–Crippen MR) is 46.4 cm³/mol. The van der Waals surface area contributed by atoms with E-state index >= 15 is 0 Å². The maximum atomic E-state index is 13.1. The van der Waals surface area contributed by atoms with Gasteiger partial charge in [0.15, 0.2) is 0 Å². The average molecular weight is 176 g/mol. The first-order valence-corrected chi connectivity index (χ1v) is 4.20. The van der Waals surface area contributed by atoms with E-state index in [0.29, 0.717) is 0 Å². The van der Waals surface area contributed by atoms with Crippen LogP contribution in [0, 0.1) is 17.1 Å². The van der Waals surface area contributed by atoms with E-state index in [0.717, 1.165) is 24.0 Å². The van der Waals surface area contributed by atoms with Crippen LogP contribution < -0.4 is 5.73 Å². The van der Waals surface area contributed by atoms with Crippen molar-refractivity contribution in [3.8, 4) is 6.07 Å².